The van der Waals surface area contributed by atoms with Gasteiger partial charge in [0.25, 0.3) is 0 Å². The van der Waals surface area contributed by atoms with Crippen LogP contribution in [-0.4, -0.2) is 57.5 Å². The molecule has 142 valence electrons. The molecule has 0 aliphatic carbocycles. The van der Waals surface area contributed by atoms with Crippen molar-refractivity contribution in [2.75, 3.05) is 26.7 Å². The van der Waals surface area contributed by atoms with Gasteiger partial charge in [-0.15, -0.1) is 0 Å². The van der Waals surface area contributed by atoms with Crippen LogP contribution >= 0.6 is 0 Å². The second kappa shape index (κ2) is 8.15. The lowest BCUT2D eigenvalue weighted by molar-refractivity contribution is 0.110. The Labute approximate surface area is 159 Å². The topological polar surface area (TPSA) is 48.1 Å². The summed E-state index contributed by atoms with van der Waals surface area (Å²) in [7, 11) is 2.21. The zero-order valence-corrected chi connectivity index (χ0v) is 15.7. The van der Waals surface area contributed by atoms with E-state index in [0.29, 0.717) is 6.04 Å². The molecule has 1 unspecified atom stereocenters. The summed E-state index contributed by atoms with van der Waals surface area (Å²) in [6.45, 7) is 3.90. The highest BCUT2D eigenvalue weighted by Gasteiger charge is 2.23. The normalized spacial score (nSPS) is 18.4. The number of benzene rings is 1. The zero-order valence-electron chi connectivity index (χ0n) is 15.7. The van der Waals surface area contributed by atoms with Crippen molar-refractivity contribution < 1.29 is 4.39 Å². The maximum atomic E-state index is 13.4. The minimum Gasteiger partial charge on any atom is -0.341 e. The van der Waals surface area contributed by atoms with Gasteiger partial charge in [-0.25, -0.2) is 9.37 Å². The summed E-state index contributed by atoms with van der Waals surface area (Å²) < 4.78 is 13.4. The number of piperidine rings is 1. The predicted octanol–water partition coefficient (Wildman–Crippen LogP) is 3.24. The van der Waals surface area contributed by atoms with Gasteiger partial charge >= 0.3 is 0 Å². The van der Waals surface area contributed by atoms with Gasteiger partial charge in [-0.1, -0.05) is 6.07 Å². The molecule has 1 aromatic carbocycles. The van der Waals surface area contributed by atoms with E-state index in [0.717, 1.165) is 55.2 Å². The van der Waals surface area contributed by atoms with Crippen LogP contribution in [0.2, 0.25) is 0 Å². The molecule has 4 rings (SSSR count). The Balaban J connectivity index is 1.34. The van der Waals surface area contributed by atoms with Crippen LogP contribution in [0.3, 0.4) is 0 Å². The van der Waals surface area contributed by atoms with Crippen LogP contribution in [0.15, 0.2) is 42.6 Å². The maximum absolute atomic E-state index is 13.4. The van der Waals surface area contributed by atoms with Gasteiger partial charge < -0.3 is 9.88 Å². The summed E-state index contributed by atoms with van der Waals surface area (Å²) in [6.07, 6.45) is 5.24. The molecule has 0 amide bonds. The van der Waals surface area contributed by atoms with Crippen molar-refractivity contribution in [3.63, 3.8) is 0 Å². The van der Waals surface area contributed by atoms with E-state index >= 15 is 0 Å². The van der Waals surface area contributed by atoms with Gasteiger partial charge in [0.05, 0.1) is 17.6 Å². The van der Waals surface area contributed by atoms with Crippen LogP contribution in [0.5, 0.6) is 0 Å². The average molecular weight is 367 g/mol. The summed E-state index contributed by atoms with van der Waals surface area (Å²) in [5, 5.41) is 0. The number of hydrogen-bond donors (Lipinski definition) is 1. The lowest BCUT2D eigenvalue weighted by atomic mass is 10.0. The van der Waals surface area contributed by atoms with Crippen molar-refractivity contribution in [1.82, 2.24) is 24.8 Å². The van der Waals surface area contributed by atoms with E-state index in [9.17, 15) is 4.39 Å². The number of likely N-dealkylation sites (tertiary alicyclic amines) is 1. The summed E-state index contributed by atoms with van der Waals surface area (Å²) in [5.74, 6) is 0.678. The fourth-order valence-electron chi connectivity index (χ4n) is 3.88. The Hall–Kier alpha value is -2.31. The van der Waals surface area contributed by atoms with Crippen molar-refractivity contribution in [2.24, 2.45) is 0 Å². The van der Waals surface area contributed by atoms with E-state index in [1.54, 1.807) is 6.07 Å². The first-order chi connectivity index (χ1) is 13.2. The summed E-state index contributed by atoms with van der Waals surface area (Å²) in [6, 6.07) is 11.3. The number of hydrogen-bond acceptors (Lipinski definition) is 4. The Morgan fingerprint density at radius 1 is 1.30 bits per heavy atom. The molecule has 3 heterocycles. The molecular formula is C21H26FN5. The third kappa shape index (κ3) is 4.51. The number of rotatable bonds is 6. The molecule has 1 aliphatic heterocycles. The van der Waals surface area contributed by atoms with Gasteiger partial charge in [0.2, 0.25) is 0 Å². The van der Waals surface area contributed by atoms with Crippen molar-refractivity contribution >= 4 is 11.0 Å². The maximum Gasteiger partial charge on any atom is 0.125 e. The molecule has 1 atom stereocenters. The highest BCUT2D eigenvalue weighted by atomic mass is 19.1. The first kappa shape index (κ1) is 18.1. The van der Waals surface area contributed by atoms with Gasteiger partial charge in [0, 0.05) is 37.4 Å². The zero-order chi connectivity index (χ0) is 18.6. The number of nitrogens with zero attached hydrogens (tertiary/aromatic N) is 4. The van der Waals surface area contributed by atoms with Crippen LogP contribution in [0.25, 0.3) is 11.0 Å². The number of halogens is 1. The highest BCUT2D eigenvalue weighted by Crippen LogP contribution is 2.19. The number of aromatic amines is 1. The lowest BCUT2D eigenvalue weighted by Gasteiger charge is -2.37. The van der Waals surface area contributed by atoms with Crippen LogP contribution in [0.4, 0.5) is 4.39 Å². The van der Waals surface area contributed by atoms with Gasteiger partial charge in [0.1, 0.15) is 11.6 Å². The molecule has 5 nitrogen and oxygen atoms in total. The van der Waals surface area contributed by atoms with Crippen molar-refractivity contribution in [3.8, 4) is 0 Å². The van der Waals surface area contributed by atoms with Gasteiger partial charge in [-0.2, -0.15) is 0 Å². The van der Waals surface area contributed by atoms with Crippen molar-refractivity contribution in [2.45, 2.75) is 31.8 Å². The Bertz CT molecular complexity index is 879. The average Bonchev–Trinajstić information content (AvgIpc) is 3.08. The van der Waals surface area contributed by atoms with Crippen molar-refractivity contribution in [1.29, 1.82) is 0 Å². The molecule has 1 aliphatic rings. The predicted molar refractivity (Wildman–Crippen MR) is 105 cm³/mol. The third-order valence-electron chi connectivity index (χ3n) is 5.42. The number of pyridine rings is 1. The van der Waals surface area contributed by atoms with Crippen molar-refractivity contribution in [3.05, 3.63) is 59.9 Å². The molecular weight excluding hydrogens is 341 g/mol. The smallest absolute Gasteiger partial charge is 0.125 e. The van der Waals surface area contributed by atoms with Gasteiger partial charge in [-0.05, 0) is 56.8 Å². The minimum atomic E-state index is -0.231. The number of fused-ring (bicyclic) bond motifs is 1. The lowest BCUT2D eigenvalue weighted by Crippen LogP contribution is -2.46. The largest absolute Gasteiger partial charge is 0.341 e. The first-order valence-electron chi connectivity index (χ1n) is 9.64. The molecule has 0 radical (unpaired) electrons. The summed E-state index contributed by atoms with van der Waals surface area (Å²) in [4.78, 5) is 17.2. The monoisotopic (exact) mass is 367 g/mol. The number of imidazole rings is 1. The van der Waals surface area contributed by atoms with E-state index in [1.807, 2.05) is 18.3 Å². The highest BCUT2D eigenvalue weighted by molar-refractivity contribution is 5.74. The molecule has 6 heteroatoms. The number of likely N-dealkylation sites (N-methyl/N-ethyl adjacent to an activating group) is 1. The van der Waals surface area contributed by atoms with E-state index < -0.39 is 0 Å². The second-order valence-corrected chi connectivity index (χ2v) is 7.43. The second-order valence-electron chi connectivity index (χ2n) is 7.43. The molecule has 1 N–H and O–H groups in total. The molecule has 0 spiro atoms. The standard InChI is InChI=1S/C21H26FN5/c1-26(12-9-17-5-2-3-10-23-17)18-6-4-11-27(14-18)15-21-24-19-8-7-16(22)13-20(19)25-21/h2-3,5,7-8,10,13,18H,4,6,9,11-12,14-15H2,1H3,(H,24,25). The Morgan fingerprint density at radius 2 is 2.22 bits per heavy atom. The quantitative estimate of drug-likeness (QED) is 0.727. The molecule has 27 heavy (non-hydrogen) atoms. The fraction of sp³-hybridized carbons (Fsp3) is 0.429. The van der Waals surface area contributed by atoms with Crippen LogP contribution in [0.1, 0.15) is 24.4 Å². The van der Waals surface area contributed by atoms with E-state index in [1.165, 1.54) is 25.0 Å². The number of H-pyrrole nitrogens is 1. The fourth-order valence-corrected chi connectivity index (χ4v) is 3.88. The molecule has 0 saturated carbocycles. The van der Waals surface area contributed by atoms with E-state index in [-0.39, 0.29) is 5.82 Å². The number of nitrogens with one attached hydrogen (secondary N) is 1. The Kier molecular flexibility index (Phi) is 5.45. The van der Waals surface area contributed by atoms with Crippen LogP contribution in [0, 0.1) is 5.82 Å². The Morgan fingerprint density at radius 3 is 3.07 bits per heavy atom. The third-order valence-corrected chi connectivity index (χ3v) is 5.42. The van der Waals surface area contributed by atoms with Gasteiger partial charge in [0.15, 0.2) is 0 Å². The molecule has 1 fully saturated rings. The van der Waals surface area contributed by atoms with Crippen LogP contribution in [-0.2, 0) is 13.0 Å². The minimum absolute atomic E-state index is 0.231. The van der Waals surface area contributed by atoms with E-state index in [4.69, 9.17) is 0 Å². The molecule has 1 saturated heterocycles. The van der Waals surface area contributed by atoms with E-state index in [2.05, 4.69) is 37.9 Å². The van der Waals surface area contributed by atoms with Crippen LogP contribution < -0.4 is 0 Å². The molecule has 3 aromatic rings. The van der Waals surface area contributed by atoms with Gasteiger partial charge in [-0.3, -0.25) is 9.88 Å². The SMILES string of the molecule is CN(CCc1ccccn1)C1CCCN(Cc2nc3ccc(F)cc3[nH]2)C1. The summed E-state index contributed by atoms with van der Waals surface area (Å²) in [5.41, 5.74) is 2.74. The first-order valence-corrected chi connectivity index (χ1v) is 9.64. The number of aromatic nitrogens is 3. The molecule has 2 aromatic heterocycles. The molecule has 0 bridgehead atoms. The summed E-state index contributed by atoms with van der Waals surface area (Å²) >= 11 is 0.